The molecule has 0 radical (unpaired) electrons. The van der Waals surface area contributed by atoms with Crippen LogP contribution in [0.1, 0.15) is 25.6 Å². The van der Waals surface area contributed by atoms with E-state index in [1.54, 1.807) is 0 Å². The average Bonchev–Trinajstić information content (AvgIpc) is 2.13. The van der Waals surface area contributed by atoms with Crippen molar-refractivity contribution in [3.63, 3.8) is 0 Å². The van der Waals surface area contributed by atoms with Gasteiger partial charge in [0.1, 0.15) is 0 Å². The lowest BCUT2D eigenvalue weighted by Crippen LogP contribution is -2.15. The van der Waals surface area contributed by atoms with Crippen molar-refractivity contribution in [2.24, 2.45) is 0 Å². The normalized spacial score (nSPS) is 10.6. The van der Waals surface area contributed by atoms with Crippen LogP contribution in [0.3, 0.4) is 0 Å². The first-order valence-electron chi connectivity index (χ1n) is 2.75. The number of hydrogen-bond donors (Lipinski definition) is 1. The molecule has 9 heavy (non-hydrogen) atoms. The molecule has 1 aromatic heterocycles. The van der Waals surface area contributed by atoms with Gasteiger partial charge in [-0.15, -0.1) is 9.89 Å². The number of tetrazole rings is 1. The molecule has 0 unspecified atom stereocenters. The standard InChI is InChI=1S/C4H9N5/c1-3(2)4-6-7-8-9(4)5/h3H,5H2,1-2H3. The second kappa shape index (κ2) is 2.00. The predicted molar refractivity (Wildman–Crippen MR) is 32.1 cm³/mol. The van der Waals surface area contributed by atoms with E-state index in [9.17, 15) is 0 Å². The molecular weight excluding hydrogens is 118 g/mol. The first-order valence-corrected chi connectivity index (χ1v) is 2.75. The van der Waals surface area contributed by atoms with Crippen molar-refractivity contribution in [3.8, 4) is 0 Å². The van der Waals surface area contributed by atoms with Gasteiger partial charge in [-0.05, 0) is 10.4 Å². The van der Waals surface area contributed by atoms with Crippen molar-refractivity contribution in [1.29, 1.82) is 0 Å². The highest BCUT2D eigenvalue weighted by atomic mass is 15.6. The van der Waals surface area contributed by atoms with Gasteiger partial charge >= 0.3 is 0 Å². The van der Waals surface area contributed by atoms with Crippen LogP contribution in [0.25, 0.3) is 0 Å². The molecule has 5 heteroatoms. The third-order valence-electron chi connectivity index (χ3n) is 1.03. The van der Waals surface area contributed by atoms with Gasteiger partial charge in [0.2, 0.25) is 0 Å². The quantitative estimate of drug-likeness (QED) is 0.517. The van der Waals surface area contributed by atoms with Crippen LogP contribution in [0, 0.1) is 0 Å². The van der Waals surface area contributed by atoms with Crippen LogP contribution >= 0.6 is 0 Å². The SMILES string of the molecule is CC(C)c1nnnn1N. The number of nitrogens with two attached hydrogens (primary N) is 1. The Morgan fingerprint density at radius 2 is 2.22 bits per heavy atom. The fourth-order valence-corrected chi connectivity index (χ4v) is 0.581. The summed E-state index contributed by atoms with van der Waals surface area (Å²) in [7, 11) is 0. The van der Waals surface area contributed by atoms with Gasteiger partial charge in [-0.25, -0.2) is 0 Å². The molecule has 0 atom stereocenters. The molecule has 0 saturated heterocycles. The maximum atomic E-state index is 5.32. The Labute approximate surface area is 52.8 Å². The zero-order valence-electron chi connectivity index (χ0n) is 5.44. The third kappa shape index (κ3) is 0.984. The minimum atomic E-state index is 0.282. The Hall–Kier alpha value is -1.13. The molecule has 0 amide bonds. The molecule has 50 valence electrons. The Bertz CT molecular complexity index is 191. The molecule has 0 aliphatic rings. The maximum absolute atomic E-state index is 5.32. The van der Waals surface area contributed by atoms with Crippen molar-refractivity contribution in [3.05, 3.63) is 5.82 Å². The molecule has 0 fully saturated rings. The Balaban J connectivity index is 2.94. The monoisotopic (exact) mass is 127 g/mol. The highest BCUT2D eigenvalue weighted by molar-refractivity contribution is 4.87. The number of hydrogen-bond acceptors (Lipinski definition) is 4. The van der Waals surface area contributed by atoms with Gasteiger partial charge in [-0.2, -0.15) is 0 Å². The van der Waals surface area contributed by atoms with Crippen molar-refractivity contribution in [2.75, 3.05) is 5.84 Å². The fourth-order valence-electron chi connectivity index (χ4n) is 0.581. The smallest absolute Gasteiger partial charge is 0.176 e. The third-order valence-corrected chi connectivity index (χ3v) is 1.03. The molecule has 1 heterocycles. The van der Waals surface area contributed by atoms with Crippen LogP contribution < -0.4 is 5.84 Å². The summed E-state index contributed by atoms with van der Waals surface area (Å²) in [5.74, 6) is 6.31. The fraction of sp³-hybridized carbons (Fsp3) is 0.750. The summed E-state index contributed by atoms with van der Waals surface area (Å²) in [5, 5.41) is 10.5. The van der Waals surface area contributed by atoms with Crippen LogP contribution in [0.15, 0.2) is 0 Å². The molecule has 1 rings (SSSR count). The zero-order chi connectivity index (χ0) is 6.85. The minimum Gasteiger partial charge on any atom is -0.320 e. The van der Waals surface area contributed by atoms with Gasteiger partial charge in [0.15, 0.2) is 5.82 Å². The minimum absolute atomic E-state index is 0.282. The van der Waals surface area contributed by atoms with Crippen LogP contribution in [-0.4, -0.2) is 20.3 Å². The molecular formula is C4H9N5. The first kappa shape index (κ1) is 6.00. The molecule has 5 nitrogen and oxygen atoms in total. The van der Waals surface area contributed by atoms with E-state index in [1.165, 1.54) is 4.79 Å². The van der Waals surface area contributed by atoms with Crippen LogP contribution in [0.5, 0.6) is 0 Å². The highest BCUT2D eigenvalue weighted by Gasteiger charge is 2.05. The average molecular weight is 127 g/mol. The Morgan fingerprint density at radius 1 is 1.56 bits per heavy atom. The van der Waals surface area contributed by atoms with Crippen molar-refractivity contribution < 1.29 is 0 Å². The topological polar surface area (TPSA) is 69.6 Å². The summed E-state index contributed by atoms with van der Waals surface area (Å²) >= 11 is 0. The van der Waals surface area contributed by atoms with Gasteiger partial charge in [0.05, 0.1) is 0 Å². The van der Waals surface area contributed by atoms with E-state index in [-0.39, 0.29) is 5.92 Å². The molecule has 0 aliphatic heterocycles. The number of nitrogen functional groups attached to an aromatic ring is 1. The zero-order valence-corrected chi connectivity index (χ0v) is 5.44. The molecule has 0 aromatic carbocycles. The second-order valence-electron chi connectivity index (χ2n) is 2.14. The summed E-state index contributed by atoms with van der Waals surface area (Å²) in [6, 6.07) is 0. The van der Waals surface area contributed by atoms with E-state index < -0.39 is 0 Å². The van der Waals surface area contributed by atoms with Gasteiger partial charge in [-0.3, -0.25) is 0 Å². The van der Waals surface area contributed by atoms with E-state index in [2.05, 4.69) is 15.5 Å². The Morgan fingerprint density at radius 3 is 2.44 bits per heavy atom. The summed E-state index contributed by atoms with van der Waals surface area (Å²) < 4.78 is 0. The Kier molecular flexibility index (Phi) is 1.33. The van der Waals surface area contributed by atoms with E-state index in [0.29, 0.717) is 5.82 Å². The van der Waals surface area contributed by atoms with Gasteiger partial charge in [0, 0.05) is 5.92 Å². The van der Waals surface area contributed by atoms with Crippen LogP contribution in [-0.2, 0) is 0 Å². The molecule has 2 N–H and O–H groups in total. The van der Waals surface area contributed by atoms with Crippen LogP contribution in [0.2, 0.25) is 0 Å². The molecule has 0 spiro atoms. The van der Waals surface area contributed by atoms with Gasteiger partial charge in [0.25, 0.3) is 0 Å². The summed E-state index contributed by atoms with van der Waals surface area (Å²) in [4.78, 5) is 1.19. The van der Waals surface area contributed by atoms with Gasteiger partial charge < -0.3 is 5.84 Å². The lowest BCUT2D eigenvalue weighted by atomic mass is 10.2. The summed E-state index contributed by atoms with van der Waals surface area (Å²) in [6.45, 7) is 3.96. The molecule has 0 saturated carbocycles. The van der Waals surface area contributed by atoms with E-state index in [0.717, 1.165) is 0 Å². The van der Waals surface area contributed by atoms with Gasteiger partial charge in [-0.1, -0.05) is 13.8 Å². The summed E-state index contributed by atoms with van der Waals surface area (Å²) in [6.07, 6.45) is 0. The van der Waals surface area contributed by atoms with E-state index in [1.807, 2.05) is 13.8 Å². The highest BCUT2D eigenvalue weighted by Crippen LogP contribution is 2.05. The number of rotatable bonds is 1. The first-order chi connectivity index (χ1) is 4.22. The predicted octanol–water partition coefficient (Wildman–Crippen LogP) is -0.490. The molecule has 0 bridgehead atoms. The number of nitrogens with zero attached hydrogens (tertiary/aromatic N) is 4. The lowest BCUT2D eigenvalue weighted by molar-refractivity contribution is 0.682. The van der Waals surface area contributed by atoms with E-state index >= 15 is 0 Å². The van der Waals surface area contributed by atoms with Crippen molar-refractivity contribution in [1.82, 2.24) is 20.3 Å². The van der Waals surface area contributed by atoms with Crippen LogP contribution in [0.4, 0.5) is 0 Å². The largest absolute Gasteiger partial charge is 0.320 e. The van der Waals surface area contributed by atoms with E-state index in [4.69, 9.17) is 5.84 Å². The maximum Gasteiger partial charge on any atom is 0.176 e. The lowest BCUT2D eigenvalue weighted by Gasteiger charge is -1.98. The number of aromatic nitrogens is 4. The van der Waals surface area contributed by atoms with Crippen molar-refractivity contribution in [2.45, 2.75) is 19.8 Å². The molecule has 0 aliphatic carbocycles. The summed E-state index contributed by atoms with van der Waals surface area (Å²) in [5.41, 5.74) is 0. The second-order valence-corrected chi connectivity index (χ2v) is 2.14. The van der Waals surface area contributed by atoms with Crippen molar-refractivity contribution >= 4 is 0 Å². The molecule has 1 aromatic rings.